The summed E-state index contributed by atoms with van der Waals surface area (Å²) in [5.41, 5.74) is 1.21. The minimum absolute atomic E-state index is 0.653. The van der Waals surface area contributed by atoms with Crippen molar-refractivity contribution in [2.24, 2.45) is 0 Å². The van der Waals surface area contributed by atoms with E-state index in [-0.39, 0.29) is 0 Å². The van der Waals surface area contributed by atoms with Crippen LogP contribution in [0.1, 0.15) is 5.56 Å². The van der Waals surface area contributed by atoms with Crippen LogP contribution >= 0.6 is 22.9 Å². The second-order valence-corrected chi connectivity index (χ2v) is 4.10. The molecule has 0 saturated carbocycles. The molecule has 0 radical (unpaired) electrons. The van der Waals surface area contributed by atoms with Gasteiger partial charge in [0.25, 0.3) is 0 Å². The highest BCUT2D eigenvalue weighted by Gasteiger charge is 2.05. The molecule has 0 N–H and O–H groups in total. The average molecular weight is 213 g/mol. The van der Waals surface area contributed by atoms with Gasteiger partial charge in [-0.1, -0.05) is 23.7 Å². The summed E-state index contributed by atoms with van der Waals surface area (Å²) in [6.45, 7) is 0.653. The number of fused-ring (bicyclic) bond motifs is 1. The van der Waals surface area contributed by atoms with E-state index in [1.807, 2.05) is 12.1 Å². The van der Waals surface area contributed by atoms with Gasteiger partial charge in [0.2, 0.25) is 0 Å². The lowest BCUT2D eigenvalue weighted by Crippen LogP contribution is -1.83. The monoisotopic (exact) mass is 212 g/mol. The Kier molecular flexibility index (Phi) is 2.54. The Morgan fingerprint density at radius 1 is 1.46 bits per heavy atom. The number of hydrogen-bond acceptors (Lipinski definition) is 2. The normalized spacial score (nSPS) is 10.9. The van der Waals surface area contributed by atoms with Gasteiger partial charge in [0.05, 0.1) is 16.3 Å². The molecule has 2 aromatic rings. The fraction of sp³-hybridized carbons (Fsp3) is 0.200. The Hall–Kier alpha value is -0.570. The predicted octanol–water partition coefficient (Wildman–Crippen LogP) is 3.70. The molecule has 1 aromatic heterocycles. The maximum Gasteiger partial charge on any atom is 0.0727 e. The first-order valence-electron chi connectivity index (χ1n) is 3.96. The van der Waals surface area contributed by atoms with Gasteiger partial charge in [-0.05, 0) is 22.4 Å². The molecule has 0 amide bonds. The van der Waals surface area contributed by atoms with Crippen molar-refractivity contribution in [1.29, 1.82) is 0 Å². The number of ether oxygens (including phenoxy) is 1. The van der Waals surface area contributed by atoms with E-state index < -0.39 is 0 Å². The predicted molar refractivity (Wildman–Crippen MR) is 57.5 cm³/mol. The summed E-state index contributed by atoms with van der Waals surface area (Å²) >= 11 is 7.71. The zero-order valence-corrected chi connectivity index (χ0v) is 8.78. The fourth-order valence-corrected chi connectivity index (χ4v) is 2.61. The zero-order chi connectivity index (χ0) is 9.26. The Morgan fingerprint density at radius 3 is 3.08 bits per heavy atom. The van der Waals surface area contributed by atoms with Gasteiger partial charge in [0.1, 0.15) is 0 Å². The van der Waals surface area contributed by atoms with Crippen LogP contribution in [0.5, 0.6) is 0 Å². The van der Waals surface area contributed by atoms with E-state index in [0.29, 0.717) is 6.61 Å². The molecule has 0 aliphatic heterocycles. The third kappa shape index (κ3) is 1.57. The lowest BCUT2D eigenvalue weighted by molar-refractivity contribution is 0.186. The quantitative estimate of drug-likeness (QED) is 0.738. The highest BCUT2D eigenvalue weighted by atomic mass is 35.5. The highest BCUT2D eigenvalue weighted by molar-refractivity contribution is 7.18. The van der Waals surface area contributed by atoms with Gasteiger partial charge < -0.3 is 4.74 Å². The van der Waals surface area contributed by atoms with Crippen LogP contribution in [0.15, 0.2) is 23.6 Å². The van der Waals surface area contributed by atoms with Crippen molar-refractivity contribution < 1.29 is 4.74 Å². The van der Waals surface area contributed by atoms with Crippen LogP contribution in [-0.2, 0) is 11.3 Å². The molecule has 3 heteroatoms. The molecule has 0 aliphatic rings. The second kappa shape index (κ2) is 3.66. The van der Waals surface area contributed by atoms with Gasteiger partial charge in [-0.2, -0.15) is 0 Å². The molecule has 13 heavy (non-hydrogen) atoms. The van der Waals surface area contributed by atoms with E-state index in [0.717, 1.165) is 9.72 Å². The van der Waals surface area contributed by atoms with Crippen molar-refractivity contribution in [2.75, 3.05) is 7.11 Å². The molecule has 0 atom stereocenters. The molecule has 2 rings (SSSR count). The second-order valence-electron chi connectivity index (χ2n) is 2.81. The number of thiophene rings is 1. The van der Waals surface area contributed by atoms with Gasteiger partial charge in [-0.25, -0.2) is 0 Å². The standard InChI is InChI=1S/C10H9ClOS/c1-12-5-7-6-13-10-8(7)3-2-4-9(10)11/h2-4,6H,5H2,1H3. The maximum atomic E-state index is 6.04. The summed E-state index contributed by atoms with van der Waals surface area (Å²) in [7, 11) is 1.70. The summed E-state index contributed by atoms with van der Waals surface area (Å²) in [5, 5.41) is 4.13. The van der Waals surface area contributed by atoms with E-state index in [4.69, 9.17) is 16.3 Å². The molecular weight excluding hydrogens is 204 g/mol. The SMILES string of the molecule is COCc1csc2c(Cl)cccc12. The Morgan fingerprint density at radius 2 is 2.31 bits per heavy atom. The summed E-state index contributed by atoms with van der Waals surface area (Å²) < 4.78 is 6.25. The van der Waals surface area contributed by atoms with Crippen molar-refractivity contribution in [3.05, 3.63) is 34.2 Å². The van der Waals surface area contributed by atoms with Crippen LogP contribution in [0, 0.1) is 0 Å². The Labute approximate surface area is 85.9 Å². The van der Waals surface area contributed by atoms with Gasteiger partial charge in [0.15, 0.2) is 0 Å². The van der Waals surface area contributed by atoms with Crippen LogP contribution in [0.2, 0.25) is 5.02 Å². The van der Waals surface area contributed by atoms with Crippen molar-refractivity contribution in [3.8, 4) is 0 Å². The number of rotatable bonds is 2. The van der Waals surface area contributed by atoms with Gasteiger partial charge >= 0.3 is 0 Å². The number of hydrogen-bond donors (Lipinski definition) is 0. The van der Waals surface area contributed by atoms with Crippen LogP contribution < -0.4 is 0 Å². The molecule has 68 valence electrons. The van der Waals surface area contributed by atoms with Crippen molar-refractivity contribution >= 4 is 33.0 Å². The first-order chi connectivity index (χ1) is 6.33. The van der Waals surface area contributed by atoms with Gasteiger partial charge in [0, 0.05) is 7.11 Å². The largest absolute Gasteiger partial charge is 0.380 e. The molecule has 1 aromatic carbocycles. The van der Waals surface area contributed by atoms with E-state index in [1.54, 1.807) is 18.4 Å². The molecule has 0 aliphatic carbocycles. The zero-order valence-electron chi connectivity index (χ0n) is 7.21. The minimum atomic E-state index is 0.653. The highest BCUT2D eigenvalue weighted by Crippen LogP contribution is 2.32. The third-order valence-corrected chi connectivity index (χ3v) is 3.44. The van der Waals surface area contributed by atoms with Crippen molar-refractivity contribution in [1.82, 2.24) is 0 Å². The summed E-state index contributed by atoms with van der Waals surface area (Å²) in [6.07, 6.45) is 0. The lowest BCUT2D eigenvalue weighted by Gasteiger charge is -1.97. The molecule has 0 fully saturated rings. The van der Waals surface area contributed by atoms with E-state index in [2.05, 4.69) is 11.4 Å². The first kappa shape index (κ1) is 9.00. The fourth-order valence-electron chi connectivity index (χ4n) is 1.34. The smallest absolute Gasteiger partial charge is 0.0727 e. The van der Waals surface area contributed by atoms with Crippen molar-refractivity contribution in [3.63, 3.8) is 0 Å². The molecule has 1 nitrogen and oxygen atoms in total. The van der Waals surface area contributed by atoms with Crippen LogP contribution in [0.4, 0.5) is 0 Å². The minimum Gasteiger partial charge on any atom is -0.380 e. The maximum absolute atomic E-state index is 6.04. The molecular formula is C10H9ClOS. The topological polar surface area (TPSA) is 9.23 Å². The van der Waals surface area contributed by atoms with Gasteiger partial charge in [-0.15, -0.1) is 11.3 Å². The van der Waals surface area contributed by atoms with E-state index >= 15 is 0 Å². The van der Waals surface area contributed by atoms with E-state index in [9.17, 15) is 0 Å². The molecule has 0 saturated heterocycles. The van der Waals surface area contributed by atoms with Gasteiger partial charge in [-0.3, -0.25) is 0 Å². The number of methoxy groups -OCH3 is 1. The molecule has 0 bridgehead atoms. The summed E-state index contributed by atoms with van der Waals surface area (Å²) in [5.74, 6) is 0. The Balaban J connectivity index is 2.61. The molecule has 1 heterocycles. The van der Waals surface area contributed by atoms with E-state index in [1.165, 1.54) is 10.9 Å². The summed E-state index contributed by atoms with van der Waals surface area (Å²) in [6, 6.07) is 5.96. The lowest BCUT2D eigenvalue weighted by atomic mass is 10.2. The third-order valence-electron chi connectivity index (χ3n) is 1.93. The Bertz CT molecular complexity index is 422. The molecule has 0 unspecified atom stereocenters. The van der Waals surface area contributed by atoms with Crippen LogP contribution in [0.3, 0.4) is 0 Å². The number of halogens is 1. The van der Waals surface area contributed by atoms with Crippen molar-refractivity contribution in [2.45, 2.75) is 6.61 Å². The molecule has 0 spiro atoms. The first-order valence-corrected chi connectivity index (χ1v) is 5.22. The van der Waals surface area contributed by atoms with Crippen LogP contribution in [-0.4, -0.2) is 7.11 Å². The average Bonchev–Trinajstić information content (AvgIpc) is 2.51. The summed E-state index contributed by atoms with van der Waals surface area (Å²) in [4.78, 5) is 0. The number of benzene rings is 1. The van der Waals surface area contributed by atoms with Crippen LogP contribution in [0.25, 0.3) is 10.1 Å².